The van der Waals surface area contributed by atoms with Gasteiger partial charge in [0.25, 0.3) is 11.8 Å². The van der Waals surface area contributed by atoms with E-state index in [1.165, 1.54) is 0 Å². The zero-order valence-electron chi connectivity index (χ0n) is 23.5. The number of hydrogen-bond acceptors (Lipinski definition) is 13. The molecule has 6 atom stereocenters. The van der Waals surface area contributed by atoms with Gasteiger partial charge in [0, 0.05) is 29.4 Å². The summed E-state index contributed by atoms with van der Waals surface area (Å²) in [7, 11) is 0. The van der Waals surface area contributed by atoms with Crippen molar-refractivity contribution in [2.75, 3.05) is 32.7 Å². The van der Waals surface area contributed by atoms with Gasteiger partial charge < -0.3 is 65.9 Å². The van der Waals surface area contributed by atoms with Gasteiger partial charge in [0.2, 0.25) is 29.5 Å². The van der Waals surface area contributed by atoms with E-state index in [4.69, 9.17) is 28.7 Å². The molecule has 21 heteroatoms. The first kappa shape index (κ1) is 37.8. The summed E-state index contributed by atoms with van der Waals surface area (Å²) in [5, 5.41) is 16.6. The summed E-state index contributed by atoms with van der Waals surface area (Å²) in [6.45, 7) is -0.686. The van der Waals surface area contributed by atoms with Crippen molar-refractivity contribution in [2.45, 2.75) is 62.2 Å². The van der Waals surface area contributed by atoms with E-state index in [-0.39, 0.29) is 51.9 Å². The summed E-state index contributed by atoms with van der Waals surface area (Å²) in [5.74, 6) is -5.53. The molecule has 1 fully saturated rings. The molecule has 43 heavy (non-hydrogen) atoms. The second-order valence-electron chi connectivity index (χ2n) is 9.41. The SMILES string of the molecule is NCC[C@@H]1NC(=O)[C@H](N)NC(=O)CNC(=O)[C@H](CCN)NC(=O)[C@@H](NI)CCNC(=O)[C@H](N)NC(=O)[C@H](CCN)NC1=O. The molecule has 18 N–H and O–H groups in total. The number of hydrogen-bond donors (Lipinski definition) is 13. The highest BCUT2D eigenvalue weighted by Gasteiger charge is 2.30. The minimum absolute atomic E-state index is 0.0277. The molecule has 244 valence electrons. The van der Waals surface area contributed by atoms with Crippen molar-refractivity contribution in [3.63, 3.8) is 0 Å². The molecule has 1 aliphatic rings. The molecule has 1 rings (SSSR count). The lowest BCUT2D eigenvalue weighted by Gasteiger charge is -2.25. The van der Waals surface area contributed by atoms with Gasteiger partial charge in [-0.2, -0.15) is 0 Å². The van der Waals surface area contributed by atoms with Crippen LogP contribution >= 0.6 is 22.9 Å². The summed E-state index contributed by atoms with van der Waals surface area (Å²) in [5.41, 5.74) is 28.3. The first-order chi connectivity index (χ1) is 20.4. The lowest BCUT2D eigenvalue weighted by Crippen LogP contribution is -2.61. The van der Waals surface area contributed by atoms with Gasteiger partial charge in [-0.25, -0.2) is 3.53 Å². The Balaban J connectivity index is 3.23. The molecule has 0 aromatic heterocycles. The number of amides is 7. The largest absolute Gasteiger partial charge is 0.353 e. The second-order valence-corrected chi connectivity index (χ2v) is 10.0. The van der Waals surface area contributed by atoms with E-state index in [9.17, 15) is 33.6 Å². The van der Waals surface area contributed by atoms with Crippen LogP contribution in [0.25, 0.3) is 0 Å². The van der Waals surface area contributed by atoms with Crippen LogP contribution in [0, 0.1) is 0 Å². The molecule has 0 spiro atoms. The van der Waals surface area contributed by atoms with Crippen molar-refractivity contribution in [3.8, 4) is 0 Å². The normalized spacial score (nSPS) is 27.9. The average molecular weight is 728 g/mol. The van der Waals surface area contributed by atoms with E-state index in [1.807, 2.05) is 0 Å². The number of carbonyl (C=O) groups excluding carboxylic acids is 7. The molecule has 7 amide bonds. The number of nitrogens with one attached hydrogen (secondary N) is 8. The molecule has 0 bridgehead atoms. The summed E-state index contributed by atoms with van der Waals surface area (Å²) < 4.78 is 2.74. The molecule has 0 unspecified atom stereocenters. The van der Waals surface area contributed by atoms with Crippen LogP contribution in [0.4, 0.5) is 0 Å². The fraction of sp³-hybridized carbons (Fsp3) is 0.682. The summed E-state index contributed by atoms with van der Waals surface area (Å²) in [6, 6.07) is -4.46. The Morgan fingerprint density at radius 3 is 1.60 bits per heavy atom. The van der Waals surface area contributed by atoms with Crippen LogP contribution in [0.15, 0.2) is 0 Å². The number of carbonyl (C=O) groups is 7. The van der Waals surface area contributed by atoms with Crippen molar-refractivity contribution in [2.24, 2.45) is 28.7 Å². The maximum absolute atomic E-state index is 12.9. The van der Waals surface area contributed by atoms with E-state index in [0.717, 1.165) is 0 Å². The zero-order chi connectivity index (χ0) is 32.5. The van der Waals surface area contributed by atoms with Crippen LogP contribution in [-0.4, -0.2) is 111 Å². The number of rotatable bonds is 7. The topological polar surface area (TPSA) is 346 Å². The van der Waals surface area contributed by atoms with Gasteiger partial charge in [0.1, 0.15) is 18.1 Å². The predicted octanol–water partition coefficient (Wildman–Crippen LogP) is -7.77. The standard InChI is InChI=1S/C22H42IN13O7/c23-36-13-4-8-29-21(42)15(27)35-19(40)12(3-7-26)32-18(39)11(2-6-25)33-22(43)16(28)34-14(37)9-30-17(38)10(1-5-24)31-20(13)41/h10-13,15-16,36H,1-9,24-28H2,(H,29,42)(H,30,38)(H,31,41)(H,32,39)(H,33,43)(H,34,37)(H,35,40)/t10-,11-,12-,13-,15+,16+/m0/s1. The molecular formula is C22H42IN13O7. The maximum atomic E-state index is 12.9. The third-order valence-corrected chi connectivity index (χ3v) is 6.80. The van der Waals surface area contributed by atoms with Gasteiger partial charge >= 0.3 is 0 Å². The monoisotopic (exact) mass is 727 g/mol. The Morgan fingerprint density at radius 2 is 1.07 bits per heavy atom. The van der Waals surface area contributed by atoms with Gasteiger partial charge in [0.05, 0.1) is 12.6 Å². The smallest absolute Gasteiger partial charge is 0.258 e. The molecule has 0 saturated carbocycles. The van der Waals surface area contributed by atoms with Crippen molar-refractivity contribution in [1.82, 2.24) is 40.7 Å². The average Bonchev–Trinajstić information content (AvgIpc) is 2.96. The molecule has 0 aromatic rings. The third kappa shape index (κ3) is 13.3. The number of halogens is 1. The van der Waals surface area contributed by atoms with Crippen molar-refractivity contribution >= 4 is 64.2 Å². The third-order valence-electron chi connectivity index (χ3n) is 6.05. The molecular weight excluding hydrogens is 685 g/mol. The van der Waals surface area contributed by atoms with Crippen molar-refractivity contribution in [1.29, 1.82) is 0 Å². The molecule has 20 nitrogen and oxygen atoms in total. The van der Waals surface area contributed by atoms with Crippen LogP contribution in [0.1, 0.15) is 25.7 Å². The van der Waals surface area contributed by atoms with Crippen LogP contribution in [0.5, 0.6) is 0 Å². The highest BCUT2D eigenvalue weighted by atomic mass is 127. The predicted molar refractivity (Wildman–Crippen MR) is 161 cm³/mol. The van der Waals surface area contributed by atoms with Gasteiger partial charge in [-0.1, -0.05) is 0 Å². The van der Waals surface area contributed by atoms with E-state index >= 15 is 0 Å². The fourth-order valence-corrected chi connectivity index (χ4v) is 4.29. The summed E-state index contributed by atoms with van der Waals surface area (Å²) >= 11 is 1.73. The van der Waals surface area contributed by atoms with Gasteiger partial charge in [-0.15, -0.1) is 0 Å². The Labute approximate surface area is 261 Å². The lowest BCUT2D eigenvalue weighted by atomic mass is 10.1. The van der Waals surface area contributed by atoms with Crippen molar-refractivity contribution < 1.29 is 33.6 Å². The Kier molecular flexibility index (Phi) is 17.5. The maximum Gasteiger partial charge on any atom is 0.258 e. The second kappa shape index (κ2) is 19.9. The van der Waals surface area contributed by atoms with Crippen LogP contribution in [0.2, 0.25) is 0 Å². The first-order valence-corrected chi connectivity index (χ1v) is 14.5. The highest BCUT2D eigenvalue weighted by Crippen LogP contribution is 2.00. The highest BCUT2D eigenvalue weighted by molar-refractivity contribution is 14.1. The van der Waals surface area contributed by atoms with E-state index in [0.29, 0.717) is 0 Å². The fourth-order valence-electron chi connectivity index (χ4n) is 3.70. The van der Waals surface area contributed by atoms with E-state index in [2.05, 4.69) is 40.7 Å². The number of nitrogens with two attached hydrogens (primary N) is 5. The first-order valence-electron chi connectivity index (χ1n) is 13.4. The van der Waals surface area contributed by atoms with E-state index < -0.39 is 84.4 Å². The molecule has 1 aliphatic heterocycles. The summed E-state index contributed by atoms with van der Waals surface area (Å²) in [4.78, 5) is 88.7. The van der Waals surface area contributed by atoms with E-state index in [1.54, 1.807) is 22.9 Å². The quantitative estimate of drug-likeness (QED) is 0.0857. The van der Waals surface area contributed by atoms with Crippen LogP contribution in [-0.2, 0) is 33.6 Å². The molecule has 0 radical (unpaired) electrons. The Hall–Kier alpha value is -3.22. The minimum Gasteiger partial charge on any atom is -0.353 e. The Bertz CT molecular complexity index is 1000. The van der Waals surface area contributed by atoms with Gasteiger partial charge in [-0.05, 0) is 45.3 Å². The molecule has 1 saturated heterocycles. The summed E-state index contributed by atoms with van der Waals surface area (Å²) in [6.07, 6.45) is -3.16. The molecule has 1 heterocycles. The molecule has 0 aliphatic carbocycles. The van der Waals surface area contributed by atoms with Crippen LogP contribution in [0.3, 0.4) is 0 Å². The Morgan fingerprint density at radius 1 is 0.605 bits per heavy atom. The lowest BCUT2D eigenvalue weighted by molar-refractivity contribution is -0.134. The van der Waals surface area contributed by atoms with Crippen molar-refractivity contribution in [3.05, 3.63) is 0 Å². The molecule has 0 aromatic carbocycles. The van der Waals surface area contributed by atoms with Crippen LogP contribution < -0.4 is 69.4 Å². The minimum atomic E-state index is -1.63. The van der Waals surface area contributed by atoms with Gasteiger partial charge in [-0.3, -0.25) is 33.6 Å². The van der Waals surface area contributed by atoms with Gasteiger partial charge in [0.15, 0.2) is 12.3 Å². The zero-order valence-corrected chi connectivity index (χ0v) is 25.6.